The van der Waals surface area contributed by atoms with E-state index in [0.717, 1.165) is 5.13 Å². The molecule has 1 heterocycles. The standard InChI is InChI=1S/C13H15N3S/c1-9-3-2-4-10(5-9)11-6-12(7-11)15-13-16-14-8-17-13/h2-5,8,11-12H,6-7H2,1H3,(H,15,16). The molecule has 0 atom stereocenters. The maximum atomic E-state index is 4.01. The summed E-state index contributed by atoms with van der Waals surface area (Å²) in [5, 5.41) is 12.2. The van der Waals surface area contributed by atoms with Crippen molar-refractivity contribution in [3.05, 3.63) is 40.9 Å². The molecule has 1 aromatic heterocycles. The number of benzene rings is 1. The molecule has 0 unspecified atom stereocenters. The number of anilines is 1. The molecule has 0 radical (unpaired) electrons. The third-order valence-corrected chi connectivity index (χ3v) is 3.96. The lowest BCUT2D eigenvalue weighted by Gasteiger charge is -2.36. The van der Waals surface area contributed by atoms with Crippen LogP contribution in [-0.2, 0) is 0 Å². The van der Waals surface area contributed by atoms with Gasteiger partial charge in [0, 0.05) is 6.04 Å². The van der Waals surface area contributed by atoms with E-state index in [2.05, 4.69) is 46.7 Å². The van der Waals surface area contributed by atoms with Crippen molar-refractivity contribution in [2.45, 2.75) is 31.7 Å². The van der Waals surface area contributed by atoms with Crippen LogP contribution in [0.2, 0.25) is 0 Å². The van der Waals surface area contributed by atoms with Crippen molar-refractivity contribution in [1.29, 1.82) is 0 Å². The lowest BCUT2D eigenvalue weighted by atomic mass is 9.75. The van der Waals surface area contributed by atoms with E-state index in [1.54, 1.807) is 16.8 Å². The summed E-state index contributed by atoms with van der Waals surface area (Å²) in [6.07, 6.45) is 2.39. The van der Waals surface area contributed by atoms with Gasteiger partial charge in [0.15, 0.2) is 0 Å². The predicted octanol–water partition coefficient (Wildman–Crippen LogP) is 3.20. The number of rotatable bonds is 3. The highest BCUT2D eigenvalue weighted by atomic mass is 32.1. The largest absolute Gasteiger partial charge is 0.357 e. The Morgan fingerprint density at radius 2 is 2.24 bits per heavy atom. The van der Waals surface area contributed by atoms with Gasteiger partial charge < -0.3 is 5.32 Å². The van der Waals surface area contributed by atoms with Crippen LogP contribution in [0.15, 0.2) is 29.8 Å². The van der Waals surface area contributed by atoms with Gasteiger partial charge in [-0.25, -0.2) is 0 Å². The highest BCUT2D eigenvalue weighted by Crippen LogP contribution is 2.38. The summed E-state index contributed by atoms with van der Waals surface area (Å²) in [5.41, 5.74) is 4.59. The highest BCUT2D eigenvalue weighted by Gasteiger charge is 2.30. The lowest BCUT2D eigenvalue weighted by molar-refractivity contribution is 0.374. The van der Waals surface area contributed by atoms with Crippen molar-refractivity contribution >= 4 is 16.5 Å². The average Bonchev–Trinajstić information content (AvgIpc) is 2.75. The van der Waals surface area contributed by atoms with Crippen molar-refractivity contribution in [3.8, 4) is 0 Å². The second-order valence-electron chi connectivity index (χ2n) is 4.67. The van der Waals surface area contributed by atoms with Crippen LogP contribution in [0.3, 0.4) is 0 Å². The molecule has 0 amide bonds. The van der Waals surface area contributed by atoms with E-state index in [4.69, 9.17) is 0 Å². The number of hydrogen-bond donors (Lipinski definition) is 1. The first-order valence-electron chi connectivity index (χ1n) is 5.90. The molecular formula is C13H15N3S. The average molecular weight is 245 g/mol. The van der Waals surface area contributed by atoms with Crippen molar-refractivity contribution in [2.24, 2.45) is 0 Å². The molecule has 2 aromatic rings. The summed E-state index contributed by atoms with van der Waals surface area (Å²) in [6, 6.07) is 9.40. The monoisotopic (exact) mass is 245 g/mol. The Balaban J connectivity index is 1.58. The molecule has 3 nitrogen and oxygen atoms in total. The molecule has 1 aliphatic rings. The van der Waals surface area contributed by atoms with Crippen LogP contribution >= 0.6 is 11.3 Å². The molecule has 0 aliphatic heterocycles. The minimum Gasteiger partial charge on any atom is -0.357 e. The van der Waals surface area contributed by atoms with Gasteiger partial charge in [-0.2, -0.15) is 0 Å². The summed E-state index contributed by atoms with van der Waals surface area (Å²) in [4.78, 5) is 0. The maximum Gasteiger partial charge on any atom is 0.205 e. The van der Waals surface area contributed by atoms with Crippen molar-refractivity contribution in [3.63, 3.8) is 0 Å². The number of nitrogens with one attached hydrogen (secondary N) is 1. The Labute approximate surface area is 105 Å². The van der Waals surface area contributed by atoms with E-state index in [0.29, 0.717) is 12.0 Å². The minimum atomic E-state index is 0.563. The van der Waals surface area contributed by atoms with Gasteiger partial charge in [0.2, 0.25) is 5.13 Å². The molecule has 0 saturated heterocycles. The van der Waals surface area contributed by atoms with E-state index in [1.165, 1.54) is 24.0 Å². The zero-order valence-electron chi connectivity index (χ0n) is 9.76. The molecule has 4 heteroatoms. The van der Waals surface area contributed by atoms with Crippen molar-refractivity contribution in [1.82, 2.24) is 10.2 Å². The summed E-state index contributed by atoms with van der Waals surface area (Å²) in [6.45, 7) is 2.15. The third-order valence-electron chi connectivity index (χ3n) is 3.34. The maximum absolute atomic E-state index is 4.01. The Morgan fingerprint density at radius 1 is 1.35 bits per heavy atom. The number of hydrogen-bond acceptors (Lipinski definition) is 4. The van der Waals surface area contributed by atoms with E-state index >= 15 is 0 Å². The number of aryl methyl sites for hydroxylation is 1. The van der Waals surface area contributed by atoms with Gasteiger partial charge in [-0.1, -0.05) is 41.2 Å². The van der Waals surface area contributed by atoms with E-state index in [-0.39, 0.29) is 0 Å². The molecule has 1 fully saturated rings. The molecule has 1 saturated carbocycles. The second-order valence-corrected chi connectivity index (χ2v) is 5.50. The molecule has 88 valence electrons. The van der Waals surface area contributed by atoms with Gasteiger partial charge in [0.25, 0.3) is 0 Å². The predicted molar refractivity (Wildman–Crippen MR) is 70.5 cm³/mol. The Hall–Kier alpha value is -1.42. The second kappa shape index (κ2) is 4.45. The first-order valence-corrected chi connectivity index (χ1v) is 6.78. The minimum absolute atomic E-state index is 0.563. The molecular weight excluding hydrogens is 230 g/mol. The quantitative estimate of drug-likeness (QED) is 0.902. The Bertz CT molecular complexity index is 489. The van der Waals surface area contributed by atoms with Gasteiger partial charge in [0.05, 0.1) is 0 Å². The Morgan fingerprint density at radius 3 is 2.94 bits per heavy atom. The highest BCUT2D eigenvalue weighted by molar-refractivity contribution is 7.13. The van der Waals surface area contributed by atoms with Crippen molar-refractivity contribution in [2.75, 3.05) is 5.32 Å². The topological polar surface area (TPSA) is 37.8 Å². The fourth-order valence-electron chi connectivity index (χ4n) is 2.34. The van der Waals surface area contributed by atoms with Gasteiger partial charge >= 0.3 is 0 Å². The van der Waals surface area contributed by atoms with Crippen molar-refractivity contribution < 1.29 is 0 Å². The first-order chi connectivity index (χ1) is 8.31. The SMILES string of the molecule is Cc1cccc(C2CC(Nc3nncs3)C2)c1. The zero-order valence-corrected chi connectivity index (χ0v) is 10.6. The molecule has 3 rings (SSSR count). The summed E-state index contributed by atoms with van der Waals surface area (Å²) >= 11 is 1.57. The normalized spacial score (nSPS) is 23.1. The van der Waals surface area contributed by atoms with Crippen LogP contribution in [0, 0.1) is 6.92 Å². The number of aromatic nitrogens is 2. The van der Waals surface area contributed by atoms with Crippen LogP contribution in [0.5, 0.6) is 0 Å². The lowest BCUT2D eigenvalue weighted by Crippen LogP contribution is -2.33. The van der Waals surface area contributed by atoms with E-state index in [1.807, 2.05) is 0 Å². The third kappa shape index (κ3) is 2.31. The van der Waals surface area contributed by atoms with Gasteiger partial charge in [-0.3, -0.25) is 0 Å². The van der Waals surface area contributed by atoms with Crippen LogP contribution < -0.4 is 5.32 Å². The molecule has 1 aromatic carbocycles. The summed E-state index contributed by atoms with van der Waals surface area (Å²) in [7, 11) is 0. The van der Waals surface area contributed by atoms with Crippen LogP contribution in [0.1, 0.15) is 29.9 Å². The molecule has 1 N–H and O–H groups in total. The first kappa shape index (κ1) is 10.7. The van der Waals surface area contributed by atoms with Crippen LogP contribution in [0.4, 0.5) is 5.13 Å². The fourth-order valence-corrected chi connectivity index (χ4v) is 2.87. The zero-order chi connectivity index (χ0) is 11.7. The van der Waals surface area contributed by atoms with Crippen LogP contribution in [-0.4, -0.2) is 16.2 Å². The number of nitrogens with zero attached hydrogens (tertiary/aromatic N) is 2. The van der Waals surface area contributed by atoms with Gasteiger partial charge in [-0.15, -0.1) is 10.2 Å². The smallest absolute Gasteiger partial charge is 0.205 e. The molecule has 0 spiro atoms. The van der Waals surface area contributed by atoms with Crippen LogP contribution in [0.25, 0.3) is 0 Å². The molecule has 1 aliphatic carbocycles. The Kier molecular flexibility index (Phi) is 2.81. The fraction of sp³-hybridized carbons (Fsp3) is 0.385. The summed E-state index contributed by atoms with van der Waals surface area (Å²) < 4.78 is 0. The van der Waals surface area contributed by atoms with E-state index in [9.17, 15) is 0 Å². The van der Waals surface area contributed by atoms with E-state index < -0.39 is 0 Å². The molecule has 0 bridgehead atoms. The van der Waals surface area contributed by atoms with Gasteiger partial charge in [0.1, 0.15) is 5.51 Å². The van der Waals surface area contributed by atoms with Gasteiger partial charge in [-0.05, 0) is 31.2 Å². The summed E-state index contributed by atoms with van der Waals surface area (Å²) in [5.74, 6) is 0.709. The molecule has 17 heavy (non-hydrogen) atoms.